The average molecular weight is 223 g/mol. The van der Waals surface area contributed by atoms with Crippen molar-refractivity contribution in [1.29, 1.82) is 0 Å². The van der Waals surface area contributed by atoms with E-state index in [1.54, 1.807) is 0 Å². The molecule has 0 saturated heterocycles. The van der Waals surface area contributed by atoms with Gasteiger partial charge in [-0.05, 0) is 19.4 Å². The van der Waals surface area contributed by atoms with E-state index in [1.165, 1.54) is 0 Å². The fourth-order valence-corrected chi connectivity index (χ4v) is 1.49. The van der Waals surface area contributed by atoms with Gasteiger partial charge >= 0.3 is 0 Å². The van der Waals surface area contributed by atoms with Crippen LogP contribution in [0.5, 0.6) is 0 Å². The van der Waals surface area contributed by atoms with E-state index in [4.69, 9.17) is 15.2 Å². The summed E-state index contributed by atoms with van der Waals surface area (Å²) in [5.41, 5.74) is 7.19. The van der Waals surface area contributed by atoms with Crippen LogP contribution < -0.4 is 5.73 Å². The second-order valence-electron chi connectivity index (χ2n) is 3.71. The maximum Gasteiger partial charge on any atom is 0.0740 e. The number of hydrogen-bond acceptors (Lipinski definition) is 3. The largest absolute Gasteiger partial charge is 0.379 e. The van der Waals surface area contributed by atoms with Gasteiger partial charge in [-0.3, -0.25) is 0 Å². The summed E-state index contributed by atoms with van der Waals surface area (Å²) in [6.45, 7) is 5.91. The van der Waals surface area contributed by atoms with Crippen LogP contribution in [-0.4, -0.2) is 25.9 Å². The van der Waals surface area contributed by atoms with E-state index < -0.39 is 0 Å². The third kappa shape index (κ3) is 4.31. The minimum absolute atomic E-state index is 0.00264. The summed E-state index contributed by atoms with van der Waals surface area (Å²) >= 11 is 0. The standard InChI is InChI=1S/C13H21NO2/c1-3-15-9-10-16-11(2)13(14)12-7-5-4-6-8-12/h4-8,11,13H,3,9-10,14H2,1-2H3. The first-order valence-corrected chi connectivity index (χ1v) is 5.75. The molecule has 0 saturated carbocycles. The zero-order chi connectivity index (χ0) is 11.8. The van der Waals surface area contributed by atoms with Crippen molar-refractivity contribution in [3.05, 3.63) is 35.9 Å². The maximum absolute atomic E-state index is 6.09. The van der Waals surface area contributed by atoms with E-state index in [2.05, 4.69) is 0 Å². The van der Waals surface area contributed by atoms with E-state index in [-0.39, 0.29) is 12.1 Å². The predicted molar refractivity (Wildman–Crippen MR) is 65.3 cm³/mol. The Balaban J connectivity index is 2.33. The molecule has 0 aliphatic carbocycles. The van der Waals surface area contributed by atoms with Gasteiger partial charge in [-0.1, -0.05) is 30.3 Å². The van der Waals surface area contributed by atoms with Gasteiger partial charge in [0.15, 0.2) is 0 Å². The lowest BCUT2D eigenvalue weighted by molar-refractivity contribution is 0.00464. The number of benzene rings is 1. The van der Waals surface area contributed by atoms with Gasteiger partial charge in [0.2, 0.25) is 0 Å². The summed E-state index contributed by atoms with van der Waals surface area (Å²) < 4.78 is 10.8. The Hall–Kier alpha value is -0.900. The lowest BCUT2D eigenvalue weighted by atomic mass is 10.0. The molecule has 2 N–H and O–H groups in total. The molecule has 0 fully saturated rings. The van der Waals surface area contributed by atoms with Crippen molar-refractivity contribution in [2.24, 2.45) is 5.73 Å². The van der Waals surface area contributed by atoms with Gasteiger partial charge in [0, 0.05) is 6.61 Å². The molecule has 1 aromatic rings. The Morgan fingerprint density at radius 3 is 2.50 bits per heavy atom. The van der Waals surface area contributed by atoms with Crippen LogP contribution in [0.3, 0.4) is 0 Å². The summed E-state index contributed by atoms with van der Waals surface area (Å²) in [6, 6.07) is 9.92. The Labute approximate surface area is 97.6 Å². The summed E-state index contributed by atoms with van der Waals surface area (Å²) in [5.74, 6) is 0. The first-order chi connectivity index (χ1) is 7.75. The molecule has 1 rings (SSSR count). The second-order valence-corrected chi connectivity index (χ2v) is 3.71. The maximum atomic E-state index is 6.09. The smallest absolute Gasteiger partial charge is 0.0740 e. The predicted octanol–water partition coefficient (Wildman–Crippen LogP) is 2.13. The summed E-state index contributed by atoms with van der Waals surface area (Å²) in [6.07, 6.45) is 0.00264. The van der Waals surface area contributed by atoms with E-state index in [9.17, 15) is 0 Å². The van der Waals surface area contributed by atoms with Gasteiger partial charge in [0.1, 0.15) is 0 Å². The van der Waals surface area contributed by atoms with Gasteiger partial charge in [-0.2, -0.15) is 0 Å². The topological polar surface area (TPSA) is 44.5 Å². The van der Waals surface area contributed by atoms with Crippen LogP contribution in [0.1, 0.15) is 25.5 Å². The molecular weight excluding hydrogens is 202 g/mol. The van der Waals surface area contributed by atoms with E-state index in [0.29, 0.717) is 13.2 Å². The highest BCUT2D eigenvalue weighted by Gasteiger charge is 2.14. The molecule has 0 aliphatic rings. The van der Waals surface area contributed by atoms with Crippen LogP contribution in [-0.2, 0) is 9.47 Å². The van der Waals surface area contributed by atoms with Crippen molar-refractivity contribution in [2.75, 3.05) is 19.8 Å². The quantitative estimate of drug-likeness (QED) is 0.720. The summed E-state index contributed by atoms with van der Waals surface area (Å²) in [7, 11) is 0. The first-order valence-electron chi connectivity index (χ1n) is 5.75. The number of ether oxygens (including phenoxy) is 2. The monoisotopic (exact) mass is 223 g/mol. The normalized spacial score (nSPS) is 14.7. The van der Waals surface area contributed by atoms with Crippen LogP contribution in [0.4, 0.5) is 0 Å². The lowest BCUT2D eigenvalue weighted by Gasteiger charge is -2.20. The van der Waals surface area contributed by atoms with Gasteiger partial charge < -0.3 is 15.2 Å². The molecular formula is C13H21NO2. The van der Waals surface area contributed by atoms with Crippen molar-refractivity contribution in [2.45, 2.75) is 26.0 Å². The van der Waals surface area contributed by atoms with Gasteiger partial charge in [-0.25, -0.2) is 0 Å². The molecule has 3 nitrogen and oxygen atoms in total. The Morgan fingerprint density at radius 1 is 1.19 bits per heavy atom. The molecule has 0 heterocycles. The Bertz CT molecular complexity index is 277. The fourth-order valence-electron chi connectivity index (χ4n) is 1.49. The Kier molecular flexibility index (Phi) is 6.08. The van der Waals surface area contributed by atoms with Crippen molar-refractivity contribution in [3.63, 3.8) is 0 Å². The highest BCUT2D eigenvalue weighted by molar-refractivity contribution is 5.19. The van der Waals surface area contributed by atoms with Crippen LogP contribution >= 0.6 is 0 Å². The summed E-state index contributed by atoms with van der Waals surface area (Å²) in [5, 5.41) is 0. The van der Waals surface area contributed by atoms with Crippen LogP contribution in [0.15, 0.2) is 30.3 Å². The first kappa shape index (κ1) is 13.2. The molecule has 2 atom stereocenters. The van der Waals surface area contributed by atoms with Crippen molar-refractivity contribution >= 4 is 0 Å². The number of hydrogen-bond donors (Lipinski definition) is 1. The van der Waals surface area contributed by atoms with Crippen molar-refractivity contribution in [3.8, 4) is 0 Å². The minimum Gasteiger partial charge on any atom is -0.379 e. The fraction of sp³-hybridized carbons (Fsp3) is 0.538. The zero-order valence-corrected chi connectivity index (χ0v) is 10.1. The molecule has 0 spiro atoms. The second kappa shape index (κ2) is 7.39. The molecule has 16 heavy (non-hydrogen) atoms. The average Bonchev–Trinajstić information content (AvgIpc) is 2.34. The third-order valence-electron chi connectivity index (χ3n) is 2.50. The zero-order valence-electron chi connectivity index (χ0n) is 10.1. The summed E-state index contributed by atoms with van der Waals surface area (Å²) in [4.78, 5) is 0. The molecule has 0 bridgehead atoms. The van der Waals surface area contributed by atoms with Crippen LogP contribution in [0.25, 0.3) is 0 Å². The number of nitrogens with two attached hydrogens (primary N) is 1. The van der Waals surface area contributed by atoms with Gasteiger partial charge in [0.25, 0.3) is 0 Å². The van der Waals surface area contributed by atoms with Crippen LogP contribution in [0.2, 0.25) is 0 Å². The molecule has 0 radical (unpaired) electrons. The van der Waals surface area contributed by atoms with E-state index in [0.717, 1.165) is 12.2 Å². The molecule has 0 aromatic heterocycles. The van der Waals surface area contributed by atoms with Crippen LogP contribution in [0, 0.1) is 0 Å². The molecule has 0 aliphatic heterocycles. The SMILES string of the molecule is CCOCCOC(C)C(N)c1ccccc1. The van der Waals surface area contributed by atoms with Crippen molar-refractivity contribution < 1.29 is 9.47 Å². The van der Waals surface area contributed by atoms with E-state index >= 15 is 0 Å². The van der Waals surface area contributed by atoms with Gasteiger partial charge in [0.05, 0.1) is 25.4 Å². The highest BCUT2D eigenvalue weighted by atomic mass is 16.5. The molecule has 2 unspecified atom stereocenters. The van der Waals surface area contributed by atoms with Gasteiger partial charge in [-0.15, -0.1) is 0 Å². The third-order valence-corrected chi connectivity index (χ3v) is 2.50. The van der Waals surface area contributed by atoms with Crippen molar-refractivity contribution in [1.82, 2.24) is 0 Å². The molecule has 90 valence electrons. The highest BCUT2D eigenvalue weighted by Crippen LogP contribution is 2.15. The molecule has 3 heteroatoms. The lowest BCUT2D eigenvalue weighted by Crippen LogP contribution is -2.27. The van der Waals surface area contributed by atoms with E-state index in [1.807, 2.05) is 44.2 Å². The molecule has 1 aromatic carbocycles. The Morgan fingerprint density at radius 2 is 1.88 bits per heavy atom. The molecule has 0 amide bonds. The minimum atomic E-state index is -0.0807. The number of rotatable bonds is 7.